The summed E-state index contributed by atoms with van der Waals surface area (Å²) in [5.41, 5.74) is 2.79. The van der Waals surface area contributed by atoms with Crippen LogP contribution in [0.15, 0.2) is 72.8 Å². The Labute approximate surface area is 205 Å². The topological polar surface area (TPSA) is 91.2 Å². The van der Waals surface area contributed by atoms with Gasteiger partial charge in [-0.1, -0.05) is 48.5 Å². The molecule has 9 heteroatoms. The van der Waals surface area contributed by atoms with Crippen LogP contribution in [0.25, 0.3) is 0 Å². The molecule has 6 nitrogen and oxygen atoms in total. The van der Waals surface area contributed by atoms with Crippen LogP contribution in [-0.2, 0) is 17.9 Å². The van der Waals surface area contributed by atoms with Crippen molar-refractivity contribution in [3.05, 3.63) is 101 Å². The maximum absolute atomic E-state index is 12.9. The first-order valence-electron chi connectivity index (χ1n) is 11.2. The van der Waals surface area contributed by atoms with Crippen molar-refractivity contribution >= 4 is 11.9 Å². The average molecular weight is 493 g/mol. The van der Waals surface area contributed by atoms with E-state index in [1.54, 1.807) is 48.5 Å². The lowest BCUT2D eigenvalue weighted by molar-refractivity contribution is -0.189. The van der Waals surface area contributed by atoms with E-state index in [1.165, 1.54) is 12.1 Å². The number of amides is 1. The van der Waals surface area contributed by atoms with Crippen molar-refractivity contribution in [2.75, 3.05) is 0 Å². The van der Waals surface area contributed by atoms with Gasteiger partial charge >= 0.3 is 12.1 Å². The summed E-state index contributed by atoms with van der Waals surface area (Å²) in [5, 5.41) is 15.0. The lowest BCUT2D eigenvalue weighted by atomic mass is 10.1. The van der Waals surface area contributed by atoms with Crippen LogP contribution in [0.3, 0.4) is 0 Å². The van der Waals surface area contributed by atoms with Crippen LogP contribution in [-0.4, -0.2) is 24.1 Å². The predicted molar refractivity (Wildman–Crippen MR) is 125 cm³/mol. The molecule has 4 rings (SSSR count). The minimum atomic E-state index is -5.20. The molecule has 3 aromatic carbocycles. The Hall–Kier alpha value is -4.16. The molecule has 0 heterocycles. The zero-order valence-corrected chi connectivity index (χ0v) is 19.0. The summed E-state index contributed by atoms with van der Waals surface area (Å²) in [7, 11) is 0. The number of hydrogen-bond donors (Lipinski definition) is 2. The number of rotatable bonds is 8. The summed E-state index contributed by atoms with van der Waals surface area (Å²) >= 11 is 0. The third-order valence-corrected chi connectivity index (χ3v) is 5.82. The molecule has 0 spiro atoms. The Bertz CT molecular complexity index is 1300. The molecule has 1 saturated carbocycles. The number of ether oxygens (including phenoxy) is 1. The Kier molecular flexibility index (Phi) is 7.36. The summed E-state index contributed by atoms with van der Waals surface area (Å²) in [6.45, 7) is 0.683. The molecule has 0 aromatic heterocycles. The molecule has 0 aliphatic heterocycles. The lowest BCUT2D eigenvalue weighted by Gasteiger charge is -2.14. The van der Waals surface area contributed by atoms with Gasteiger partial charge in [0.05, 0.1) is 17.2 Å². The highest BCUT2D eigenvalue weighted by Crippen LogP contribution is 2.42. The molecule has 1 amide bonds. The van der Waals surface area contributed by atoms with Gasteiger partial charge in [0.25, 0.3) is 5.91 Å². The van der Waals surface area contributed by atoms with Crippen LogP contribution in [0.2, 0.25) is 0 Å². The van der Waals surface area contributed by atoms with E-state index in [0.717, 1.165) is 17.5 Å². The number of carbonyl (C=O) groups excluding carboxylic acids is 2. The van der Waals surface area contributed by atoms with Crippen LogP contribution in [0.5, 0.6) is 5.75 Å². The smallest absolute Gasteiger partial charge is 0.419 e. The van der Waals surface area contributed by atoms with E-state index in [9.17, 15) is 22.8 Å². The largest absolute Gasteiger partial charge is 0.491 e. The van der Waals surface area contributed by atoms with Gasteiger partial charge in [-0.15, -0.1) is 0 Å². The number of alkyl halides is 3. The van der Waals surface area contributed by atoms with Crippen LogP contribution < -0.4 is 15.4 Å². The summed E-state index contributed by atoms with van der Waals surface area (Å²) in [4.78, 5) is 24.3. The Balaban J connectivity index is 1.47. The van der Waals surface area contributed by atoms with Crippen LogP contribution in [0, 0.1) is 11.3 Å². The standard InChI is InChI=1S/C27H22F3N3O3/c28-27(29,30)26(35)36-24-12-20(9-10-21(24)25(34)33-15-17-5-2-1-3-6-17)22-13-23(22)32-16-19-8-4-7-18(11-19)14-31/h1-12,22-23,32H,13,15-16H2,(H,33,34). The zero-order valence-electron chi connectivity index (χ0n) is 19.0. The van der Waals surface area contributed by atoms with Crippen LogP contribution in [0.4, 0.5) is 13.2 Å². The third kappa shape index (κ3) is 6.29. The van der Waals surface area contributed by atoms with E-state index < -0.39 is 23.8 Å². The molecule has 1 aliphatic rings. The van der Waals surface area contributed by atoms with Gasteiger partial charge in [0.15, 0.2) is 0 Å². The van der Waals surface area contributed by atoms with E-state index in [4.69, 9.17) is 5.26 Å². The summed E-state index contributed by atoms with van der Waals surface area (Å²) in [6, 6.07) is 22.7. The fraction of sp³-hybridized carbons (Fsp3) is 0.222. The number of nitriles is 1. The molecular weight excluding hydrogens is 471 g/mol. The van der Waals surface area contributed by atoms with Crippen LogP contribution in [0.1, 0.15) is 45.0 Å². The predicted octanol–water partition coefficient (Wildman–Crippen LogP) is 4.60. The number of hydrogen-bond acceptors (Lipinski definition) is 5. The second-order valence-corrected chi connectivity index (χ2v) is 8.45. The number of benzene rings is 3. The summed E-state index contributed by atoms with van der Waals surface area (Å²) in [6.07, 6.45) is -4.47. The van der Waals surface area contributed by atoms with Crippen molar-refractivity contribution in [1.82, 2.24) is 10.6 Å². The van der Waals surface area contributed by atoms with Gasteiger partial charge in [-0.25, -0.2) is 4.79 Å². The quantitative estimate of drug-likeness (QED) is 0.354. The van der Waals surface area contributed by atoms with Crippen molar-refractivity contribution < 1.29 is 27.5 Å². The molecule has 2 unspecified atom stereocenters. The number of esters is 1. The summed E-state index contributed by atoms with van der Waals surface area (Å²) < 4.78 is 43.3. The first-order valence-corrected chi connectivity index (χ1v) is 11.2. The first-order chi connectivity index (χ1) is 17.2. The van der Waals surface area contributed by atoms with Crippen LogP contribution >= 0.6 is 0 Å². The van der Waals surface area contributed by atoms with Gasteiger partial charge < -0.3 is 15.4 Å². The third-order valence-electron chi connectivity index (χ3n) is 5.82. The molecule has 0 radical (unpaired) electrons. The normalized spacial score (nSPS) is 16.6. The lowest BCUT2D eigenvalue weighted by Crippen LogP contribution is -2.30. The van der Waals surface area contributed by atoms with E-state index in [-0.39, 0.29) is 24.1 Å². The molecule has 184 valence electrons. The summed E-state index contributed by atoms with van der Waals surface area (Å²) in [5.74, 6) is -3.50. The number of carbonyl (C=O) groups is 2. The minimum absolute atomic E-state index is 0.0195. The Morgan fingerprint density at radius 2 is 1.72 bits per heavy atom. The van der Waals surface area contributed by atoms with E-state index >= 15 is 0 Å². The fourth-order valence-corrected chi connectivity index (χ4v) is 3.86. The highest BCUT2D eigenvalue weighted by Gasteiger charge is 2.43. The molecular formula is C27H22F3N3O3. The zero-order chi connectivity index (χ0) is 25.7. The van der Waals surface area contributed by atoms with E-state index in [0.29, 0.717) is 17.7 Å². The van der Waals surface area contributed by atoms with Crippen molar-refractivity contribution in [3.8, 4) is 11.8 Å². The SMILES string of the molecule is N#Cc1cccc(CNC2CC2c2ccc(C(=O)NCc3ccccc3)c(OC(=O)C(F)(F)F)c2)c1. The average Bonchev–Trinajstić information content (AvgIpc) is 3.66. The molecule has 36 heavy (non-hydrogen) atoms. The Morgan fingerprint density at radius 1 is 0.972 bits per heavy atom. The number of nitrogens with zero attached hydrogens (tertiary/aromatic N) is 1. The molecule has 0 saturated heterocycles. The highest BCUT2D eigenvalue weighted by molar-refractivity contribution is 5.98. The van der Waals surface area contributed by atoms with Crippen molar-refractivity contribution in [3.63, 3.8) is 0 Å². The van der Waals surface area contributed by atoms with E-state index in [2.05, 4.69) is 21.4 Å². The monoisotopic (exact) mass is 493 g/mol. The van der Waals surface area contributed by atoms with Crippen molar-refractivity contribution in [2.45, 2.75) is 37.6 Å². The molecule has 2 N–H and O–H groups in total. The fourth-order valence-electron chi connectivity index (χ4n) is 3.86. The second-order valence-electron chi connectivity index (χ2n) is 8.45. The van der Waals surface area contributed by atoms with Gasteiger partial charge in [-0.2, -0.15) is 18.4 Å². The van der Waals surface area contributed by atoms with E-state index in [1.807, 2.05) is 12.1 Å². The van der Waals surface area contributed by atoms with Crippen molar-refractivity contribution in [2.24, 2.45) is 0 Å². The molecule has 0 bridgehead atoms. The molecule has 1 fully saturated rings. The maximum Gasteiger partial charge on any atom is 0.491 e. The number of nitrogens with one attached hydrogen (secondary N) is 2. The highest BCUT2D eigenvalue weighted by atomic mass is 19.4. The van der Waals surface area contributed by atoms with Gasteiger partial charge in [0.1, 0.15) is 5.75 Å². The maximum atomic E-state index is 12.9. The molecule has 3 aromatic rings. The second kappa shape index (κ2) is 10.6. The Morgan fingerprint density at radius 3 is 2.44 bits per heavy atom. The molecule has 2 atom stereocenters. The first kappa shape index (κ1) is 24.9. The van der Waals surface area contributed by atoms with Crippen molar-refractivity contribution in [1.29, 1.82) is 5.26 Å². The van der Waals surface area contributed by atoms with Gasteiger partial charge in [0.2, 0.25) is 0 Å². The molecule has 1 aliphatic carbocycles. The van der Waals surface area contributed by atoms with Gasteiger partial charge in [-0.05, 0) is 47.4 Å². The minimum Gasteiger partial charge on any atom is -0.419 e. The number of halogens is 3. The van der Waals surface area contributed by atoms with Gasteiger partial charge in [-0.3, -0.25) is 4.79 Å². The van der Waals surface area contributed by atoms with Gasteiger partial charge in [0, 0.05) is 25.0 Å².